The highest BCUT2D eigenvalue weighted by molar-refractivity contribution is 7.97. The standard InChI is InChI=1S/C12H16N2O4S/c15-12(16)8-2-1-5-9-13-19-11-7-4-3-6-10(11)14(17)18/h3-4,6-7,13H,1-2,5,8-9H2,(H,15,16)/p-1. The molecule has 0 amide bonds. The minimum absolute atomic E-state index is 0.0805. The first-order chi connectivity index (χ1) is 9.11. The summed E-state index contributed by atoms with van der Waals surface area (Å²) in [5, 5.41) is 20.9. The van der Waals surface area contributed by atoms with Crippen LogP contribution in [0.5, 0.6) is 0 Å². The highest BCUT2D eigenvalue weighted by Gasteiger charge is 2.12. The van der Waals surface area contributed by atoms with E-state index in [1.165, 1.54) is 18.0 Å². The SMILES string of the molecule is O=C([O-])CCCCCNSc1ccccc1[N+](=O)[O-]. The first-order valence-corrected chi connectivity index (χ1v) is 6.76. The molecule has 0 saturated heterocycles. The van der Waals surface area contributed by atoms with E-state index < -0.39 is 10.9 Å². The van der Waals surface area contributed by atoms with Crippen molar-refractivity contribution in [1.29, 1.82) is 0 Å². The van der Waals surface area contributed by atoms with E-state index in [9.17, 15) is 20.0 Å². The van der Waals surface area contributed by atoms with E-state index in [-0.39, 0.29) is 12.1 Å². The van der Waals surface area contributed by atoms with Gasteiger partial charge in [0.1, 0.15) is 4.90 Å². The fourth-order valence-corrected chi connectivity index (χ4v) is 2.26. The third kappa shape index (κ3) is 6.21. The second kappa shape index (κ2) is 8.49. The molecule has 1 aromatic rings. The van der Waals surface area contributed by atoms with Gasteiger partial charge in [-0.15, -0.1) is 0 Å². The van der Waals surface area contributed by atoms with Gasteiger partial charge in [0.15, 0.2) is 0 Å². The van der Waals surface area contributed by atoms with Crippen LogP contribution in [0, 0.1) is 10.1 Å². The molecule has 0 aliphatic rings. The summed E-state index contributed by atoms with van der Waals surface area (Å²) >= 11 is 1.22. The van der Waals surface area contributed by atoms with Gasteiger partial charge in [-0.05, 0) is 37.3 Å². The number of aliphatic carboxylic acids is 1. The molecule has 6 nitrogen and oxygen atoms in total. The normalized spacial score (nSPS) is 10.3. The third-order valence-electron chi connectivity index (χ3n) is 2.40. The lowest BCUT2D eigenvalue weighted by Gasteiger charge is -2.05. The van der Waals surface area contributed by atoms with Gasteiger partial charge in [-0.2, -0.15) is 0 Å². The molecule has 0 saturated carbocycles. The van der Waals surface area contributed by atoms with Crippen molar-refractivity contribution in [3.05, 3.63) is 34.4 Å². The highest BCUT2D eigenvalue weighted by atomic mass is 32.2. The topological polar surface area (TPSA) is 95.3 Å². The van der Waals surface area contributed by atoms with Gasteiger partial charge in [0, 0.05) is 18.6 Å². The quantitative estimate of drug-likeness (QED) is 0.319. The monoisotopic (exact) mass is 283 g/mol. The third-order valence-corrected chi connectivity index (χ3v) is 3.32. The minimum atomic E-state index is -1.03. The van der Waals surface area contributed by atoms with Crippen LogP contribution in [0.1, 0.15) is 25.7 Å². The molecular formula is C12H15N2O4S-. The number of nitrogens with zero attached hydrogens (tertiary/aromatic N) is 1. The van der Waals surface area contributed by atoms with Gasteiger partial charge in [-0.25, -0.2) is 0 Å². The Labute approximate surface area is 115 Å². The van der Waals surface area contributed by atoms with Gasteiger partial charge in [0.05, 0.1) is 4.92 Å². The maximum Gasteiger partial charge on any atom is 0.284 e. The van der Waals surface area contributed by atoms with Crippen molar-refractivity contribution in [1.82, 2.24) is 4.72 Å². The van der Waals surface area contributed by atoms with Gasteiger partial charge in [0.2, 0.25) is 0 Å². The van der Waals surface area contributed by atoms with E-state index >= 15 is 0 Å². The Morgan fingerprint density at radius 2 is 2.00 bits per heavy atom. The van der Waals surface area contributed by atoms with E-state index in [1.807, 2.05) is 0 Å². The van der Waals surface area contributed by atoms with Gasteiger partial charge in [-0.3, -0.25) is 14.8 Å². The van der Waals surface area contributed by atoms with E-state index in [0.29, 0.717) is 17.9 Å². The van der Waals surface area contributed by atoms with Crippen LogP contribution in [-0.4, -0.2) is 17.4 Å². The van der Waals surface area contributed by atoms with Crippen LogP contribution in [0.25, 0.3) is 0 Å². The van der Waals surface area contributed by atoms with Crippen molar-refractivity contribution >= 4 is 23.6 Å². The lowest BCUT2D eigenvalue weighted by atomic mass is 10.2. The van der Waals surface area contributed by atoms with E-state index in [2.05, 4.69) is 4.72 Å². The first kappa shape index (κ1) is 15.5. The first-order valence-electron chi connectivity index (χ1n) is 5.94. The number of hydrogen-bond acceptors (Lipinski definition) is 6. The Hall–Kier alpha value is -1.60. The Morgan fingerprint density at radius 1 is 1.26 bits per heavy atom. The summed E-state index contributed by atoms with van der Waals surface area (Å²) in [5.41, 5.74) is 0.0805. The molecule has 1 aromatic carbocycles. The molecule has 104 valence electrons. The predicted octanol–water partition coefficient (Wildman–Crippen LogP) is 1.50. The molecule has 0 atom stereocenters. The Kier molecular flexibility index (Phi) is 6.91. The zero-order valence-corrected chi connectivity index (χ0v) is 11.1. The molecule has 0 bridgehead atoms. The minimum Gasteiger partial charge on any atom is -0.550 e. The molecule has 0 aromatic heterocycles. The Balaban J connectivity index is 2.23. The van der Waals surface area contributed by atoms with Gasteiger partial charge in [-0.1, -0.05) is 18.6 Å². The lowest BCUT2D eigenvalue weighted by molar-refractivity contribution is -0.387. The number of benzene rings is 1. The number of para-hydroxylation sites is 1. The molecule has 7 heteroatoms. The van der Waals surface area contributed by atoms with Crippen LogP contribution in [-0.2, 0) is 4.79 Å². The van der Waals surface area contributed by atoms with Crippen molar-refractivity contribution in [2.24, 2.45) is 0 Å². The number of carboxylic acid groups (broad SMARTS) is 1. The number of nitrogens with one attached hydrogen (secondary N) is 1. The Bertz CT molecular complexity index is 439. The number of rotatable bonds is 9. The smallest absolute Gasteiger partial charge is 0.284 e. The lowest BCUT2D eigenvalue weighted by Crippen LogP contribution is -2.21. The van der Waals surface area contributed by atoms with Crippen LogP contribution in [0.2, 0.25) is 0 Å². The second-order valence-electron chi connectivity index (χ2n) is 3.90. The maximum atomic E-state index is 10.8. The largest absolute Gasteiger partial charge is 0.550 e. The van der Waals surface area contributed by atoms with Crippen molar-refractivity contribution in [3.63, 3.8) is 0 Å². The van der Waals surface area contributed by atoms with Crippen molar-refractivity contribution < 1.29 is 14.8 Å². The molecular weight excluding hydrogens is 268 g/mol. The summed E-state index contributed by atoms with van der Waals surface area (Å²) in [6, 6.07) is 6.52. The van der Waals surface area contributed by atoms with Gasteiger partial charge in [0.25, 0.3) is 5.69 Å². The van der Waals surface area contributed by atoms with Crippen LogP contribution < -0.4 is 9.83 Å². The zero-order valence-electron chi connectivity index (χ0n) is 10.3. The molecule has 1 rings (SSSR count). The van der Waals surface area contributed by atoms with Gasteiger partial charge >= 0.3 is 0 Å². The van der Waals surface area contributed by atoms with E-state index in [1.54, 1.807) is 18.2 Å². The number of hydrogen-bond donors (Lipinski definition) is 1. The van der Waals surface area contributed by atoms with Crippen LogP contribution in [0.3, 0.4) is 0 Å². The van der Waals surface area contributed by atoms with Crippen LogP contribution >= 0.6 is 11.9 Å². The molecule has 0 aliphatic heterocycles. The number of carbonyl (C=O) groups is 1. The van der Waals surface area contributed by atoms with Gasteiger partial charge < -0.3 is 9.90 Å². The number of nitro benzene ring substituents is 1. The van der Waals surface area contributed by atoms with Crippen LogP contribution in [0.15, 0.2) is 29.2 Å². The zero-order chi connectivity index (χ0) is 14.1. The van der Waals surface area contributed by atoms with Crippen molar-refractivity contribution in [3.8, 4) is 0 Å². The average molecular weight is 283 g/mol. The summed E-state index contributed by atoms with van der Waals surface area (Å²) in [7, 11) is 0. The molecule has 19 heavy (non-hydrogen) atoms. The molecule has 0 fully saturated rings. The summed E-state index contributed by atoms with van der Waals surface area (Å²) in [6.07, 6.45) is 2.29. The molecule has 0 aliphatic carbocycles. The number of carbonyl (C=O) groups excluding carboxylic acids is 1. The summed E-state index contributed by atoms with van der Waals surface area (Å²) in [4.78, 5) is 21.1. The number of nitro groups is 1. The fraction of sp³-hybridized carbons (Fsp3) is 0.417. The molecule has 1 N–H and O–H groups in total. The summed E-state index contributed by atoms with van der Waals surface area (Å²) < 4.78 is 3.03. The summed E-state index contributed by atoms with van der Waals surface area (Å²) in [5.74, 6) is -1.03. The highest BCUT2D eigenvalue weighted by Crippen LogP contribution is 2.26. The average Bonchev–Trinajstić information content (AvgIpc) is 2.37. The van der Waals surface area contributed by atoms with Crippen molar-refractivity contribution in [2.45, 2.75) is 30.6 Å². The summed E-state index contributed by atoms with van der Waals surface area (Å²) in [6.45, 7) is 0.670. The number of carboxylic acids is 1. The van der Waals surface area contributed by atoms with E-state index in [0.717, 1.165) is 12.8 Å². The van der Waals surface area contributed by atoms with E-state index in [4.69, 9.17) is 0 Å². The number of unbranched alkanes of at least 4 members (excludes halogenated alkanes) is 2. The van der Waals surface area contributed by atoms with Crippen LogP contribution in [0.4, 0.5) is 5.69 Å². The van der Waals surface area contributed by atoms with Crippen molar-refractivity contribution in [2.75, 3.05) is 6.54 Å². The second-order valence-corrected chi connectivity index (χ2v) is 4.84. The Morgan fingerprint density at radius 3 is 2.68 bits per heavy atom. The fourth-order valence-electron chi connectivity index (χ4n) is 1.47. The molecule has 0 spiro atoms. The molecule has 0 heterocycles. The molecule has 0 unspecified atom stereocenters. The molecule has 0 radical (unpaired) electrons. The maximum absolute atomic E-state index is 10.8. The predicted molar refractivity (Wildman–Crippen MR) is 70.4 cm³/mol.